The normalized spacial score (nSPS) is 22.2. The number of carbonyl (C=O) groups excluding carboxylic acids is 4. The fraction of sp³-hybridized carbons (Fsp3) is 0.241. The van der Waals surface area contributed by atoms with Gasteiger partial charge < -0.3 is 18.9 Å². The first-order chi connectivity index (χ1) is 34.8. The average molecular weight is 1090 g/mol. The smallest absolute Gasteiger partial charge is 0.263 e. The first-order valence-electron chi connectivity index (χ1n) is 22.5. The van der Waals surface area contributed by atoms with Crippen LogP contribution in [0.1, 0.15) is 56.5 Å². The van der Waals surface area contributed by atoms with Crippen LogP contribution < -0.4 is 0 Å². The topological polar surface area (TPSA) is 148 Å². The lowest BCUT2D eigenvalue weighted by molar-refractivity contribution is 0.241. The van der Waals surface area contributed by atoms with E-state index in [9.17, 15) is 19.2 Å². The first-order valence-corrected chi connectivity index (χ1v) is 24.8. The molecule has 0 N–H and O–H groups in total. The Hall–Kier alpha value is -6.35. The van der Waals surface area contributed by atoms with E-state index in [0.717, 1.165) is 0 Å². The monoisotopic (exact) mass is 1080 g/mol. The second-order valence-corrected chi connectivity index (χ2v) is 18.7. The quantitative estimate of drug-likeness (QED) is 0.136. The number of ether oxygens (including phenoxy) is 4. The van der Waals surface area contributed by atoms with Gasteiger partial charge in [-0.15, -0.1) is 0 Å². The van der Waals surface area contributed by atoms with Crippen LogP contribution in [0.15, 0.2) is 152 Å². The van der Waals surface area contributed by atoms with Crippen molar-refractivity contribution in [3.8, 4) is 11.4 Å². The summed E-state index contributed by atoms with van der Waals surface area (Å²) >= 11 is 42.4. The van der Waals surface area contributed by atoms with E-state index in [1.807, 2.05) is 0 Å². The molecule has 0 bridgehead atoms. The van der Waals surface area contributed by atoms with Crippen LogP contribution in [-0.4, -0.2) is 71.2 Å². The third-order valence-corrected chi connectivity index (χ3v) is 13.5. The summed E-state index contributed by atoms with van der Waals surface area (Å²) in [5, 5.41) is 0.274. The van der Waals surface area contributed by atoms with Crippen molar-refractivity contribution in [3.05, 3.63) is 190 Å². The summed E-state index contributed by atoms with van der Waals surface area (Å²) in [7, 11) is 0. The SMILES string of the molecule is CCOC1=CC(=C=O)C(C2=NC(c3c(Cl)cc(Cl)cc3Cl)(n3c(-c4c(Cl)cc(Cl)cc4Cl)nc(C4C=CC(OCC)=CC4=C=O)c3C3C=CC(OCC)=CC3=C=O)N=C2C2C=CC(OCC)=CC2=C=O)C=C1. The summed E-state index contributed by atoms with van der Waals surface area (Å²) in [6.07, 6.45) is 19.7. The Labute approximate surface area is 444 Å². The molecule has 4 atom stereocenters. The van der Waals surface area contributed by atoms with Crippen LogP contribution in [0.5, 0.6) is 0 Å². The van der Waals surface area contributed by atoms with Gasteiger partial charge in [-0.1, -0.05) is 93.9 Å². The highest BCUT2D eigenvalue weighted by Crippen LogP contribution is 2.53. The van der Waals surface area contributed by atoms with Crippen LogP contribution in [-0.2, 0) is 43.9 Å². The minimum Gasteiger partial charge on any atom is -0.494 e. The molecule has 0 amide bonds. The Morgan fingerprint density at radius 2 is 0.861 bits per heavy atom. The summed E-state index contributed by atoms with van der Waals surface area (Å²) in [4.78, 5) is 69.5. The molecule has 2 aromatic carbocycles. The van der Waals surface area contributed by atoms with E-state index in [1.54, 1.807) is 80.9 Å². The minimum absolute atomic E-state index is 0.0180. The van der Waals surface area contributed by atoms with Crippen LogP contribution >= 0.6 is 69.6 Å². The lowest BCUT2D eigenvalue weighted by atomic mass is 9.81. The van der Waals surface area contributed by atoms with Crippen LogP contribution in [0.2, 0.25) is 30.1 Å². The van der Waals surface area contributed by atoms with E-state index in [-0.39, 0.29) is 98.8 Å². The van der Waals surface area contributed by atoms with Gasteiger partial charge in [0.05, 0.1) is 126 Å². The van der Waals surface area contributed by atoms with E-state index in [2.05, 4.69) is 23.8 Å². The predicted octanol–water partition coefficient (Wildman–Crippen LogP) is 12.4. The van der Waals surface area contributed by atoms with Crippen LogP contribution in [0.25, 0.3) is 11.4 Å². The molecule has 8 rings (SSSR count). The number of aromatic nitrogens is 2. The molecule has 2 heterocycles. The summed E-state index contributed by atoms with van der Waals surface area (Å²) in [6.45, 7) is 8.37. The van der Waals surface area contributed by atoms with Gasteiger partial charge in [0.2, 0.25) is 0 Å². The second kappa shape index (κ2) is 22.2. The van der Waals surface area contributed by atoms with E-state index < -0.39 is 29.5 Å². The van der Waals surface area contributed by atoms with E-state index in [4.69, 9.17) is 104 Å². The zero-order valence-electron chi connectivity index (χ0n) is 38.7. The molecule has 1 aliphatic heterocycles. The molecule has 0 saturated carbocycles. The molecule has 0 saturated heterocycles. The largest absolute Gasteiger partial charge is 0.494 e. The minimum atomic E-state index is -2.31. The molecular formula is C54H40Cl6N4O8. The predicted molar refractivity (Wildman–Crippen MR) is 281 cm³/mol. The molecule has 366 valence electrons. The van der Waals surface area contributed by atoms with Crippen molar-refractivity contribution >= 4 is 105 Å². The van der Waals surface area contributed by atoms with Crippen LogP contribution in [0.4, 0.5) is 0 Å². The number of allylic oxidation sites excluding steroid dienone is 16. The van der Waals surface area contributed by atoms with E-state index >= 15 is 0 Å². The molecule has 4 aliphatic carbocycles. The lowest BCUT2D eigenvalue weighted by Gasteiger charge is -2.33. The van der Waals surface area contributed by atoms with Crippen LogP contribution in [0, 0.1) is 11.8 Å². The van der Waals surface area contributed by atoms with Crippen molar-refractivity contribution in [2.24, 2.45) is 21.8 Å². The van der Waals surface area contributed by atoms with E-state index in [0.29, 0.717) is 42.9 Å². The molecular weight excluding hydrogens is 1050 g/mol. The second-order valence-electron chi connectivity index (χ2n) is 16.2. The van der Waals surface area contributed by atoms with Gasteiger partial charge in [0.1, 0.15) is 52.6 Å². The van der Waals surface area contributed by atoms with Crippen molar-refractivity contribution in [1.82, 2.24) is 9.55 Å². The summed E-state index contributed by atoms with van der Waals surface area (Å²) in [5.74, 6) is 3.31. The fourth-order valence-corrected chi connectivity index (χ4v) is 11.1. The highest BCUT2D eigenvalue weighted by Gasteiger charge is 2.51. The van der Waals surface area contributed by atoms with Gasteiger partial charge in [-0.2, -0.15) is 0 Å². The number of benzene rings is 2. The maximum Gasteiger partial charge on any atom is 0.263 e. The van der Waals surface area contributed by atoms with Gasteiger partial charge in [0.25, 0.3) is 5.79 Å². The van der Waals surface area contributed by atoms with Crippen molar-refractivity contribution in [2.45, 2.75) is 45.3 Å². The Morgan fingerprint density at radius 1 is 0.514 bits per heavy atom. The highest BCUT2D eigenvalue weighted by molar-refractivity contribution is 6.48. The number of rotatable bonds is 15. The number of aliphatic imine (C=N–C) groups is 2. The van der Waals surface area contributed by atoms with Gasteiger partial charge in [-0.25, -0.2) is 34.1 Å². The number of hydrogen-bond donors (Lipinski definition) is 0. The van der Waals surface area contributed by atoms with Gasteiger partial charge in [0.15, 0.2) is 0 Å². The molecule has 18 heteroatoms. The molecule has 4 unspecified atom stereocenters. The molecule has 0 fully saturated rings. The van der Waals surface area contributed by atoms with Gasteiger partial charge >= 0.3 is 0 Å². The number of nitrogens with zero attached hydrogens (tertiary/aromatic N) is 4. The Kier molecular flexibility index (Phi) is 16.0. The molecule has 0 spiro atoms. The maximum absolute atomic E-state index is 13.4. The fourth-order valence-electron chi connectivity index (χ4n) is 9.03. The summed E-state index contributed by atoms with van der Waals surface area (Å²) in [5.41, 5.74) is 1.06. The van der Waals surface area contributed by atoms with Gasteiger partial charge in [-0.05, 0) is 101 Å². The lowest BCUT2D eigenvalue weighted by Crippen LogP contribution is -2.34. The third-order valence-electron chi connectivity index (χ3n) is 11.9. The third kappa shape index (κ3) is 9.80. The number of imidazole rings is 1. The zero-order valence-corrected chi connectivity index (χ0v) is 43.2. The van der Waals surface area contributed by atoms with Crippen molar-refractivity contribution in [1.29, 1.82) is 0 Å². The number of hydrogen-bond acceptors (Lipinski definition) is 11. The van der Waals surface area contributed by atoms with Crippen molar-refractivity contribution in [3.63, 3.8) is 0 Å². The van der Waals surface area contributed by atoms with Crippen LogP contribution in [0.3, 0.4) is 0 Å². The summed E-state index contributed by atoms with van der Waals surface area (Å²) in [6, 6.07) is 5.82. The van der Waals surface area contributed by atoms with E-state index in [1.165, 1.54) is 48.6 Å². The maximum atomic E-state index is 13.4. The zero-order chi connectivity index (χ0) is 51.4. The average Bonchev–Trinajstić information content (AvgIpc) is 3.93. The molecule has 3 aromatic rings. The van der Waals surface area contributed by atoms with Crippen molar-refractivity contribution in [2.75, 3.05) is 26.4 Å². The molecule has 12 nitrogen and oxygen atoms in total. The van der Waals surface area contributed by atoms with Gasteiger partial charge in [0, 0.05) is 10.0 Å². The Bertz CT molecular complexity index is 3200. The van der Waals surface area contributed by atoms with Crippen molar-refractivity contribution < 1.29 is 38.1 Å². The molecule has 5 aliphatic rings. The number of halogens is 6. The molecule has 1 aromatic heterocycles. The Morgan fingerprint density at radius 3 is 1.25 bits per heavy atom. The highest BCUT2D eigenvalue weighted by atomic mass is 35.5. The molecule has 72 heavy (non-hydrogen) atoms. The van der Waals surface area contributed by atoms with Gasteiger partial charge in [-0.3, -0.25) is 4.57 Å². The standard InChI is InChI=1S/C54H40Cl6N4O8/c1-5-69-35-9-13-39(29(17-35)25-65)49-50(40-14-10-36(70-6-2)18-30(40)26-66)63-54(62-49,48-45(59)23-34(56)24-46(48)60)64-52(42-16-12-38(72-8-4)20-32(42)28-68)51(41-15-11-37(71-7-3)19-31(41)27-67)61-53(64)47-43(57)21-33(55)22-44(47)58/h9-24,39-42H,5-8H2,1-4H3. The first kappa shape index (κ1) is 52.0. The Balaban J connectivity index is 1.61. The molecule has 0 radical (unpaired) electrons. The summed E-state index contributed by atoms with van der Waals surface area (Å²) < 4.78 is 24.9.